The van der Waals surface area contributed by atoms with Crippen molar-refractivity contribution in [1.82, 2.24) is 25.2 Å². The summed E-state index contributed by atoms with van der Waals surface area (Å²) in [6.45, 7) is 1.47. The normalized spacial score (nSPS) is 11.1. The SMILES string of the molecule is Cc1cc(-c2nnn(CC(=O)Nc3nc4ccc(F)cc4s3)n2)ccc1F. The van der Waals surface area contributed by atoms with Crippen LogP contribution in [-0.2, 0) is 11.3 Å². The van der Waals surface area contributed by atoms with E-state index in [0.29, 0.717) is 32.3 Å². The summed E-state index contributed by atoms with van der Waals surface area (Å²) in [4.78, 5) is 17.5. The molecule has 0 unspecified atom stereocenters. The van der Waals surface area contributed by atoms with E-state index in [1.807, 2.05) is 0 Å². The molecule has 2 aromatic heterocycles. The summed E-state index contributed by atoms with van der Waals surface area (Å²) >= 11 is 1.17. The Morgan fingerprint density at radius 2 is 2.07 bits per heavy atom. The van der Waals surface area contributed by atoms with E-state index in [1.165, 1.54) is 29.5 Å². The highest BCUT2D eigenvalue weighted by molar-refractivity contribution is 7.22. The third-order valence-corrected chi connectivity index (χ3v) is 4.68. The maximum Gasteiger partial charge on any atom is 0.249 e. The quantitative estimate of drug-likeness (QED) is 0.582. The minimum Gasteiger partial charge on any atom is -0.300 e. The van der Waals surface area contributed by atoms with Gasteiger partial charge in [-0.3, -0.25) is 4.79 Å². The van der Waals surface area contributed by atoms with Crippen molar-refractivity contribution >= 4 is 32.6 Å². The van der Waals surface area contributed by atoms with E-state index in [4.69, 9.17) is 0 Å². The zero-order chi connectivity index (χ0) is 19.0. The number of carbonyl (C=O) groups excluding carboxylic acids is 1. The standard InChI is InChI=1S/C17H12F2N6OS/c1-9-6-10(2-4-12(9)19)16-22-24-25(23-16)8-15(26)21-17-20-13-5-3-11(18)7-14(13)27-17/h2-7H,8H2,1H3,(H,20,21,26). The Hall–Kier alpha value is -3.27. The lowest BCUT2D eigenvalue weighted by atomic mass is 10.1. The molecule has 2 aromatic carbocycles. The van der Waals surface area contributed by atoms with Crippen molar-refractivity contribution in [2.45, 2.75) is 13.5 Å². The molecule has 1 N–H and O–H groups in total. The van der Waals surface area contributed by atoms with Gasteiger partial charge in [0.2, 0.25) is 11.7 Å². The lowest BCUT2D eigenvalue weighted by Crippen LogP contribution is -2.20. The lowest BCUT2D eigenvalue weighted by Gasteiger charge is -2.00. The molecule has 10 heteroatoms. The molecule has 1 amide bonds. The maximum atomic E-state index is 13.4. The minimum atomic E-state index is -0.395. The van der Waals surface area contributed by atoms with E-state index in [0.717, 1.165) is 4.80 Å². The van der Waals surface area contributed by atoms with Gasteiger partial charge >= 0.3 is 0 Å². The molecule has 4 aromatic rings. The first-order valence-electron chi connectivity index (χ1n) is 7.88. The molecule has 0 atom stereocenters. The minimum absolute atomic E-state index is 0.169. The molecule has 27 heavy (non-hydrogen) atoms. The van der Waals surface area contributed by atoms with E-state index in [9.17, 15) is 13.6 Å². The van der Waals surface area contributed by atoms with Gasteiger partial charge in [0.05, 0.1) is 10.2 Å². The number of amides is 1. The molecule has 136 valence electrons. The van der Waals surface area contributed by atoms with Crippen LogP contribution in [0, 0.1) is 18.6 Å². The van der Waals surface area contributed by atoms with E-state index in [-0.39, 0.29) is 18.2 Å². The Morgan fingerprint density at radius 3 is 2.89 bits per heavy atom. The molecule has 0 aliphatic heterocycles. The number of fused-ring (bicyclic) bond motifs is 1. The van der Waals surface area contributed by atoms with Crippen LogP contribution in [0.1, 0.15) is 5.56 Å². The number of aryl methyl sites for hydroxylation is 1. The highest BCUT2D eigenvalue weighted by Gasteiger charge is 2.13. The van der Waals surface area contributed by atoms with Gasteiger partial charge in [-0.05, 0) is 54.1 Å². The van der Waals surface area contributed by atoms with Crippen LogP contribution in [0.2, 0.25) is 0 Å². The van der Waals surface area contributed by atoms with Crippen LogP contribution >= 0.6 is 11.3 Å². The molecular formula is C17H12F2N6OS. The summed E-state index contributed by atoms with van der Waals surface area (Å²) in [5.41, 5.74) is 1.67. The van der Waals surface area contributed by atoms with Crippen molar-refractivity contribution in [3.8, 4) is 11.4 Å². The number of benzene rings is 2. The van der Waals surface area contributed by atoms with Gasteiger partial charge in [-0.25, -0.2) is 13.8 Å². The predicted molar refractivity (Wildman–Crippen MR) is 96.2 cm³/mol. The van der Waals surface area contributed by atoms with Crippen LogP contribution in [-0.4, -0.2) is 31.1 Å². The van der Waals surface area contributed by atoms with E-state index in [2.05, 4.69) is 25.7 Å². The number of hydrogen-bond donors (Lipinski definition) is 1. The largest absolute Gasteiger partial charge is 0.300 e. The zero-order valence-corrected chi connectivity index (χ0v) is 14.8. The second-order valence-corrected chi connectivity index (χ2v) is 6.82. The molecule has 0 aliphatic rings. The van der Waals surface area contributed by atoms with E-state index < -0.39 is 5.91 Å². The molecule has 4 rings (SSSR count). The summed E-state index contributed by atoms with van der Waals surface area (Å²) in [5, 5.41) is 14.8. The highest BCUT2D eigenvalue weighted by atomic mass is 32.1. The third kappa shape index (κ3) is 3.65. The Morgan fingerprint density at radius 1 is 1.22 bits per heavy atom. The summed E-state index contributed by atoms with van der Waals surface area (Å²) in [7, 11) is 0. The van der Waals surface area contributed by atoms with Gasteiger partial charge in [0.15, 0.2) is 5.13 Å². The molecular weight excluding hydrogens is 374 g/mol. The fourth-order valence-electron chi connectivity index (χ4n) is 2.45. The Balaban J connectivity index is 1.46. The van der Waals surface area contributed by atoms with Gasteiger partial charge in [0.1, 0.15) is 18.2 Å². The molecule has 7 nitrogen and oxygen atoms in total. The molecule has 0 spiro atoms. The first-order chi connectivity index (χ1) is 13.0. The zero-order valence-electron chi connectivity index (χ0n) is 14.0. The van der Waals surface area contributed by atoms with Crippen molar-refractivity contribution < 1.29 is 13.6 Å². The summed E-state index contributed by atoms with van der Waals surface area (Å²) < 4.78 is 27.2. The van der Waals surface area contributed by atoms with Crippen LogP contribution in [0.15, 0.2) is 36.4 Å². The fraction of sp³-hybridized carbons (Fsp3) is 0.118. The van der Waals surface area contributed by atoms with Crippen molar-refractivity contribution in [3.05, 3.63) is 53.6 Å². The average molecular weight is 386 g/mol. The van der Waals surface area contributed by atoms with Gasteiger partial charge in [-0.2, -0.15) is 4.80 Å². The van der Waals surface area contributed by atoms with Crippen molar-refractivity contribution in [2.75, 3.05) is 5.32 Å². The third-order valence-electron chi connectivity index (χ3n) is 3.75. The Kier molecular flexibility index (Phi) is 4.32. The molecule has 0 fully saturated rings. The Labute approximate surface area is 155 Å². The number of aromatic nitrogens is 5. The summed E-state index contributed by atoms with van der Waals surface area (Å²) in [6, 6.07) is 8.70. The predicted octanol–water partition coefficient (Wildman–Crippen LogP) is 3.18. The van der Waals surface area contributed by atoms with Crippen molar-refractivity contribution in [1.29, 1.82) is 0 Å². The van der Waals surface area contributed by atoms with Gasteiger partial charge < -0.3 is 5.32 Å². The molecule has 0 radical (unpaired) electrons. The van der Waals surface area contributed by atoms with Gasteiger partial charge in [-0.15, -0.1) is 10.2 Å². The number of tetrazole rings is 1. The number of halogens is 2. The second kappa shape index (κ2) is 6.80. The summed E-state index contributed by atoms with van der Waals surface area (Å²) in [5.74, 6) is -0.782. The number of carbonyl (C=O) groups is 1. The topological polar surface area (TPSA) is 85.6 Å². The number of nitrogens with zero attached hydrogens (tertiary/aromatic N) is 5. The van der Waals surface area contributed by atoms with Gasteiger partial charge in [0.25, 0.3) is 0 Å². The number of thiazole rings is 1. The number of anilines is 1. The average Bonchev–Trinajstić information content (AvgIpc) is 3.23. The molecule has 0 aliphatic carbocycles. The maximum absolute atomic E-state index is 13.4. The van der Waals surface area contributed by atoms with Crippen molar-refractivity contribution in [3.63, 3.8) is 0 Å². The van der Waals surface area contributed by atoms with Crippen LogP contribution in [0.25, 0.3) is 21.6 Å². The first kappa shape index (κ1) is 17.2. The second-order valence-electron chi connectivity index (χ2n) is 5.79. The van der Waals surface area contributed by atoms with Crippen molar-refractivity contribution in [2.24, 2.45) is 0 Å². The highest BCUT2D eigenvalue weighted by Crippen LogP contribution is 2.26. The van der Waals surface area contributed by atoms with Crippen LogP contribution in [0.5, 0.6) is 0 Å². The number of nitrogens with one attached hydrogen (secondary N) is 1. The van der Waals surface area contributed by atoms with Gasteiger partial charge in [0, 0.05) is 5.56 Å². The van der Waals surface area contributed by atoms with Gasteiger partial charge in [-0.1, -0.05) is 11.3 Å². The van der Waals surface area contributed by atoms with Crippen LogP contribution < -0.4 is 5.32 Å². The molecule has 0 bridgehead atoms. The van der Waals surface area contributed by atoms with E-state index in [1.54, 1.807) is 25.1 Å². The fourth-order valence-corrected chi connectivity index (χ4v) is 3.36. The number of hydrogen-bond acceptors (Lipinski definition) is 6. The van der Waals surface area contributed by atoms with Crippen LogP contribution in [0.3, 0.4) is 0 Å². The molecule has 2 heterocycles. The first-order valence-corrected chi connectivity index (χ1v) is 8.70. The number of rotatable bonds is 4. The molecule has 0 saturated heterocycles. The summed E-state index contributed by atoms with van der Waals surface area (Å²) in [6.07, 6.45) is 0. The Bertz CT molecular complexity index is 1160. The lowest BCUT2D eigenvalue weighted by molar-refractivity contribution is -0.117. The van der Waals surface area contributed by atoms with Crippen LogP contribution in [0.4, 0.5) is 13.9 Å². The van der Waals surface area contributed by atoms with E-state index >= 15 is 0 Å². The monoisotopic (exact) mass is 386 g/mol. The smallest absolute Gasteiger partial charge is 0.249 e. The molecule has 0 saturated carbocycles.